The summed E-state index contributed by atoms with van der Waals surface area (Å²) in [7, 11) is 0. The van der Waals surface area contributed by atoms with Gasteiger partial charge in [0.15, 0.2) is 0 Å². The van der Waals surface area contributed by atoms with Crippen LogP contribution in [0.3, 0.4) is 0 Å². The van der Waals surface area contributed by atoms with Crippen molar-refractivity contribution in [3.8, 4) is 33.4 Å². The topological polar surface area (TPSA) is 13.1 Å². The lowest BCUT2D eigenvalue weighted by molar-refractivity contribution is 0.670. The molecule has 0 amide bonds. The van der Waals surface area contributed by atoms with E-state index in [1.54, 1.807) is 0 Å². The fraction of sp³-hybridized carbons (Fsp3) is 0. The predicted molar refractivity (Wildman–Crippen MR) is 200 cm³/mol. The Hall–Kier alpha value is -6.18. The summed E-state index contributed by atoms with van der Waals surface area (Å²) in [6, 6.07) is 61.5. The molecular formula is C46H28O. The molecule has 0 aliphatic rings. The lowest BCUT2D eigenvalue weighted by Crippen LogP contribution is -1.92. The Morgan fingerprint density at radius 1 is 0.319 bits per heavy atom. The molecule has 0 fully saturated rings. The summed E-state index contributed by atoms with van der Waals surface area (Å²) in [5.41, 5.74) is 9.04. The molecule has 1 nitrogen and oxygen atoms in total. The van der Waals surface area contributed by atoms with Gasteiger partial charge in [0.05, 0.1) is 0 Å². The second-order valence-corrected chi connectivity index (χ2v) is 12.4. The standard InChI is InChI=1S/C46H28O/c1-2-14-31-28-32(25-24-29(31)12-1)43-35-17-5-7-19-37(35)44(38-20-8-6-18-36(38)43)41-27-26-39(34-22-11-15-30-13-3-4-16-33(30)34)46-45(41)40-21-9-10-23-42(40)47-46/h1-28H. The van der Waals surface area contributed by atoms with E-state index < -0.39 is 0 Å². The molecule has 1 heterocycles. The Kier molecular flexibility index (Phi) is 5.64. The SMILES string of the molecule is c1ccc2cc(-c3c4ccccc4c(-c4ccc(-c5cccc6ccccc56)c5oc6ccccc6c45)c4ccccc34)ccc2c1. The summed E-state index contributed by atoms with van der Waals surface area (Å²) < 4.78 is 6.81. The van der Waals surface area contributed by atoms with Crippen molar-refractivity contribution >= 4 is 65.0 Å². The molecule has 10 aromatic rings. The molecule has 218 valence electrons. The van der Waals surface area contributed by atoms with Gasteiger partial charge in [0.25, 0.3) is 0 Å². The molecule has 0 saturated carbocycles. The van der Waals surface area contributed by atoms with E-state index in [4.69, 9.17) is 4.42 Å². The maximum absolute atomic E-state index is 6.81. The molecule has 0 atom stereocenters. The van der Waals surface area contributed by atoms with Crippen molar-refractivity contribution in [1.82, 2.24) is 0 Å². The van der Waals surface area contributed by atoms with Crippen molar-refractivity contribution in [3.63, 3.8) is 0 Å². The summed E-state index contributed by atoms with van der Waals surface area (Å²) in [6.45, 7) is 0. The van der Waals surface area contributed by atoms with Crippen LogP contribution in [-0.2, 0) is 0 Å². The molecule has 0 N–H and O–H groups in total. The van der Waals surface area contributed by atoms with Gasteiger partial charge in [-0.2, -0.15) is 0 Å². The lowest BCUT2D eigenvalue weighted by atomic mass is 9.84. The van der Waals surface area contributed by atoms with Crippen LogP contribution in [0.2, 0.25) is 0 Å². The fourth-order valence-corrected chi connectivity index (χ4v) is 7.78. The lowest BCUT2D eigenvalue weighted by Gasteiger charge is -2.19. The zero-order valence-electron chi connectivity index (χ0n) is 25.6. The average Bonchev–Trinajstić information content (AvgIpc) is 3.53. The van der Waals surface area contributed by atoms with Crippen molar-refractivity contribution in [3.05, 3.63) is 170 Å². The number of rotatable bonds is 3. The second kappa shape index (κ2) is 10.2. The van der Waals surface area contributed by atoms with E-state index in [1.165, 1.54) is 70.9 Å². The highest BCUT2D eigenvalue weighted by Crippen LogP contribution is 2.49. The summed E-state index contributed by atoms with van der Waals surface area (Å²) in [4.78, 5) is 0. The molecule has 9 aromatic carbocycles. The zero-order chi connectivity index (χ0) is 30.9. The zero-order valence-corrected chi connectivity index (χ0v) is 25.6. The van der Waals surface area contributed by atoms with Crippen LogP contribution in [0.15, 0.2) is 174 Å². The molecule has 0 radical (unpaired) electrons. The van der Waals surface area contributed by atoms with Crippen molar-refractivity contribution in [2.45, 2.75) is 0 Å². The first-order chi connectivity index (χ1) is 23.3. The molecule has 0 aliphatic heterocycles. The van der Waals surface area contributed by atoms with Gasteiger partial charge in [-0.05, 0) is 89.1 Å². The van der Waals surface area contributed by atoms with Gasteiger partial charge in [-0.1, -0.05) is 152 Å². The van der Waals surface area contributed by atoms with E-state index in [1.807, 2.05) is 0 Å². The maximum Gasteiger partial charge on any atom is 0.143 e. The first kappa shape index (κ1) is 26.1. The van der Waals surface area contributed by atoms with Crippen LogP contribution >= 0.6 is 0 Å². The number of hydrogen-bond donors (Lipinski definition) is 0. The smallest absolute Gasteiger partial charge is 0.143 e. The minimum absolute atomic E-state index is 0.901. The summed E-state index contributed by atoms with van der Waals surface area (Å²) in [6.07, 6.45) is 0. The van der Waals surface area contributed by atoms with Crippen LogP contribution in [0.25, 0.3) is 98.4 Å². The third-order valence-corrected chi connectivity index (χ3v) is 9.84. The van der Waals surface area contributed by atoms with Gasteiger partial charge >= 0.3 is 0 Å². The molecule has 47 heavy (non-hydrogen) atoms. The predicted octanol–water partition coefficient (Wildman–Crippen LogP) is 13.2. The highest BCUT2D eigenvalue weighted by Gasteiger charge is 2.22. The van der Waals surface area contributed by atoms with Crippen molar-refractivity contribution in [1.29, 1.82) is 0 Å². The van der Waals surface area contributed by atoms with Crippen LogP contribution in [0, 0.1) is 0 Å². The van der Waals surface area contributed by atoms with Crippen LogP contribution in [0.4, 0.5) is 0 Å². The van der Waals surface area contributed by atoms with Crippen LogP contribution < -0.4 is 0 Å². The Labute approximate surface area is 271 Å². The van der Waals surface area contributed by atoms with Crippen molar-refractivity contribution in [2.75, 3.05) is 0 Å². The Balaban J connectivity index is 1.34. The summed E-state index contributed by atoms with van der Waals surface area (Å²) in [5.74, 6) is 0. The number of hydrogen-bond acceptors (Lipinski definition) is 1. The van der Waals surface area contributed by atoms with E-state index in [0.717, 1.165) is 27.5 Å². The minimum Gasteiger partial charge on any atom is -0.455 e. The van der Waals surface area contributed by atoms with Crippen molar-refractivity contribution < 1.29 is 4.42 Å². The number of benzene rings is 9. The quantitative estimate of drug-likeness (QED) is 0.185. The Morgan fingerprint density at radius 2 is 0.872 bits per heavy atom. The summed E-state index contributed by atoms with van der Waals surface area (Å²) in [5, 5.41) is 12.2. The van der Waals surface area contributed by atoms with Crippen LogP contribution in [0.5, 0.6) is 0 Å². The van der Waals surface area contributed by atoms with E-state index in [9.17, 15) is 0 Å². The number of para-hydroxylation sites is 1. The maximum atomic E-state index is 6.81. The van der Waals surface area contributed by atoms with E-state index >= 15 is 0 Å². The highest BCUT2D eigenvalue weighted by atomic mass is 16.3. The van der Waals surface area contributed by atoms with Crippen molar-refractivity contribution in [2.24, 2.45) is 0 Å². The molecule has 0 saturated heterocycles. The van der Waals surface area contributed by atoms with Crippen LogP contribution in [0.1, 0.15) is 0 Å². The molecule has 10 rings (SSSR count). The van der Waals surface area contributed by atoms with Crippen LogP contribution in [-0.4, -0.2) is 0 Å². The highest BCUT2D eigenvalue weighted by molar-refractivity contribution is 6.27. The van der Waals surface area contributed by atoms with Gasteiger partial charge in [-0.25, -0.2) is 0 Å². The molecule has 1 heteroatoms. The second-order valence-electron chi connectivity index (χ2n) is 12.4. The fourth-order valence-electron chi connectivity index (χ4n) is 7.78. The molecule has 1 aromatic heterocycles. The summed E-state index contributed by atoms with van der Waals surface area (Å²) >= 11 is 0. The molecule has 0 aliphatic carbocycles. The van der Waals surface area contributed by atoms with Gasteiger partial charge in [-0.3, -0.25) is 0 Å². The van der Waals surface area contributed by atoms with E-state index in [2.05, 4.69) is 170 Å². The first-order valence-corrected chi connectivity index (χ1v) is 16.2. The van der Waals surface area contributed by atoms with Gasteiger partial charge in [0.1, 0.15) is 11.2 Å². The van der Waals surface area contributed by atoms with E-state index in [-0.39, 0.29) is 0 Å². The third kappa shape index (κ3) is 3.90. The average molecular weight is 597 g/mol. The third-order valence-electron chi connectivity index (χ3n) is 9.84. The largest absolute Gasteiger partial charge is 0.455 e. The normalized spacial score (nSPS) is 11.8. The molecular weight excluding hydrogens is 569 g/mol. The Bertz CT molecular complexity index is 2790. The number of fused-ring (bicyclic) bond motifs is 7. The first-order valence-electron chi connectivity index (χ1n) is 16.2. The Morgan fingerprint density at radius 3 is 1.62 bits per heavy atom. The van der Waals surface area contributed by atoms with Gasteiger partial charge < -0.3 is 4.42 Å². The van der Waals surface area contributed by atoms with Gasteiger partial charge in [-0.15, -0.1) is 0 Å². The van der Waals surface area contributed by atoms with Gasteiger partial charge in [0, 0.05) is 16.3 Å². The minimum atomic E-state index is 0.901. The van der Waals surface area contributed by atoms with E-state index in [0.29, 0.717) is 0 Å². The monoisotopic (exact) mass is 596 g/mol. The van der Waals surface area contributed by atoms with Gasteiger partial charge in [0.2, 0.25) is 0 Å². The number of furan rings is 1. The molecule has 0 spiro atoms. The molecule has 0 bridgehead atoms. The molecule has 0 unspecified atom stereocenters.